The van der Waals surface area contributed by atoms with Gasteiger partial charge in [0.05, 0.1) is 6.20 Å². The number of carboxylic acid groups (broad SMARTS) is 1. The maximum absolute atomic E-state index is 13.3. The predicted octanol–water partition coefficient (Wildman–Crippen LogP) is 4.04. The Kier molecular flexibility index (Phi) is 5.15. The van der Waals surface area contributed by atoms with Crippen molar-refractivity contribution in [2.24, 2.45) is 0 Å². The van der Waals surface area contributed by atoms with Gasteiger partial charge in [-0.15, -0.1) is 0 Å². The number of sulfonamides is 1. The van der Waals surface area contributed by atoms with E-state index in [1.165, 1.54) is 18.3 Å². The van der Waals surface area contributed by atoms with E-state index in [0.717, 1.165) is 26.5 Å². The van der Waals surface area contributed by atoms with Gasteiger partial charge in [-0.25, -0.2) is 13.4 Å². The number of aromatic nitrogens is 2. The molecule has 1 aliphatic rings. The second-order valence-electron chi connectivity index (χ2n) is 7.94. The molecular weight excluding hydrogens is 442 g/mol. The Bertz CT molecular complexity index is 1460. The van der Waals surface area contributed by atoms with Gasteiger partial charge in [-0.3, -0.25) is 4.79 Å². The van der Waals surface area contributed by atoms with Crippen LogP contribution in [0, 0.1) is 6.92 Å². The second kappa shape index (κ2) is 8.02. The third-order valence-electron chi connectivity index (χ3n) is 5.74. The first kappa shape index (κ1) is 21.2. The van der Waals surface area contributed by atoms with E-state index in [4.69, 9.17) is 4.74 Å². The van der Waals surface area contributed by atoms with Gasteiger partial charge in [0.25, 0.3) is 0 Å². The molecule has 0 aliphatic carbocycles. The van der Waals surface area contributed by atoms with Gasteiger partial charge in [0.15, 0.2) is 0 Å². The minimum Gasteiger partial charge on any atom is -0.480 e. The lowest BCUT2D eigenvalue weighted by Gasteiger charge is -2.33. The number of aliphatic carboxylic acids is 1. The molecule has 2 aromatic heterocycles. The number of H-pyrrole nitrogens is 1. The number of ether oxygens (including phenoxy) is 1. The molecule has 2 aromatic carbocycles. The lowest BCUT2D eigenvalue weighted by Crippen LogP contribution is -2.43. The summed E-state index contributed by atoms with van der Waals surface area (Å²) in [5.41, 5.74) is 3.36. The molecule has 0 spiro atoms. The summed E-state index contributed by atoms with van der Waals surface area (Å²) in [5.74, 6) is -0.406. The molecule has 0 saturated carbocycles. The summed E-state index contributed by atoms with van der Waals surface area (Å²) in [4.78, 5) is 19.3. The number of carbonyl (C=O) groups is 1. The van der Waals surface area contributed by atoms with E-state index in [-0.39, 0.29) is 17.3 Å². The van der Waals surface area contributed by atoms with Crippen LogP contribution in [0.5, 0.6) is 11.6 Å². The van der Waals surface area contributed by atoms with Gasteiger partial charge in [-0.05, 0) is 54.8 Å². The van der Waals surface area contributed by atoms with Crippen molar-refractivity contribution in [2.45, 2.75) is 24.3 Å². The molecule has 168 valence electrons. The van der Waals surface area contributed by atoms with Gasteiger partial charge in [0.1, 0.15) is 16.7 Å². The molecule has 0 radical (unpaired) electrons. The molecule has 1 unspecified atom stereocenters. The monoisotopic (exact) mass is 463 g/mol. The first-order chi connectivity index (χ1) is 15.8. The van der Waals surface area contributed by atoms with Crippen LogP contribution in [0.2, 0.25) is 0 Å². The fourth-order valence-electron chi connectivity index (χ4n) is 4.21. The molecule has 0 saturated heterocycles. The molecule has 0 bridgehead atoms. The highest BCUT2D eigenvalue weighted by Gasteiger charge is 2.40. The van der Waals surface area contributed by atoms with Crippen molar-refractivity contribution in [3.05, 3.63) is 83.7 Å². The highest BCUT2D eigenvalue weighted by Crippen LogP contribution is 2.34. The SMILES string of the molecule is Cc1cc2cc(Oc3ccc(S(=O)(=O)N4CCc5ccccc5C4C(=O)O)cn3)ccc2[nH]1. The summed E-state index contributed by atoms with van der Waals surface area (Å²) in [5, 5.41) is 10.8. The zero-order valence-corrected chi connectivity index (χ0v) is 18.5. The summed E-state index contributed by atoms with van der Waals surface area (Å²) < 4.78 is 33.4. The number of nitrogens with one attached hydrogen (secondary N) is 1. The summed E-state index contributed by atoms with van der Waals surface area (Å²) in [6, 6.07) is 16.2. The van der Waals surface area contributed by atoms with Crippen molar-refractivity contribution < 1.29 is 23.1 Å². The molecule has 2 N–H and O–H groups in total. The van der Waals surface area contributed by atoms with Gasteiger partial charge >= 0.3 is 5.97 Å². The van der Waals surface area contributed by atoms with Crippen molar-refractivity contribution in [2.75, 3.05) is 6.54 Å². The van der Waals surface area contributed by atoms with E-state index in [1.54, 1.807) is 18.2 Å². The van der Waals surface area contributed by atoms with Crippen LogP contribution in [0.15, 0.2) is 71.8 Å². The summed E-state index contributed by atoms with van der Waals surface area (Å²) in [6.45, 7) is 2.04. The van der Waals surface area contributed by atoms with Crippen LogP contribution in [0.1, 0.15) is 22.9 Å². The summed E-state index contributed by atoms with van der Waals surface area (Å²) in [6.07, 6.45) is 1.64. The normalized spacial score (nSPS) is 16.5. The standard InChI is InChI=1S/C24H21N3O5S/c1-15-12-17-13-18(6-8-21(17)26-15)32-22-9-7-19(14-25-22)33(30,31)27-11-10-16-4-2-3-5-20(16)23(27)24(28)29/h2-9,12-14,23,26H,10-11H2,1H3,(H,28,29). The number of aryl methyl sites for hydroxylation is 1. The number of fused-ring (bicyclic) bond motifs is 2. The quantitative estimate of drug-likeness (QED) is 0.462. The average Bonchev–Trinajstić information content (AvgIpc) is 3.17. The second-order valence-corrected chi connectivity index (χ2v) is 9.83. The lowest BCUT2D eigenvalue weighted by atomic mass is 9.94. The van der Waals surface area contributed by atoms with E-state index < -0.39 is 22.0 Å². The third-order valence-corrected chi connectivity index (χ3v) is 7.59. The molecule has 4 aromatic rings. The molecule has 9 heteroatoms. The minimum absolute atomic E-state index is 0.0741. The molecule has 1 atom stereocenters. The zero-order chi connectivity index (χ0) is 23.2. The Labute approximate surface area is 190 Å². The van der Waals surface area contributed by atoms with E-state index in [0.29, 0.717) is 17.7 Å². The van der Waals surface area contributed by atoms with Gasteiger partial charge in [-0.1, -0.05) is 24.3 Å². The minimum atomic E-state index is -4.08. The molecule has 8 nitrogen and oxygen atoms in total. The highest BCUT2D eigenvalue weighted by atomic mass is 32.2. The average molecular weight is 464 g/mol. The fourth-order valence-corrected chi connectivity index (χ4v) is 5.72. The number of carboxylic acids is 1. The maximum atomic E-state index is 13.3. The van der Waals surface area contributed by atoms with Crippen LogP contribution in [-0.2, 0) is 21.2 Å². The van der Waals surface area contributed by atoms with E-state index in [1.807, 2.05) is 37.3 Å². The number of rotatable bonds is 5. The largest absolute Gasteiger partial charge is 0.480 e. The fraction of sp³-hybridized carbons (Fsp3) is 0.167. The smallest absolute Gasteiger partial charge is 0.326 e. The van der Waals surface area contributed by atoms with E-state index >= 15 is 0 Å². The van der Waals surface area contributed by atoms with E-state index in [2.05, 4.69) is 9.97 Å². The van der Waals surface area contributed by atoms with Crippen LogP contribution in [0.3, 0.4) is 0 Å². The number of hydrogen-bond acceptors (Lipinski definition) is 5. The third kappa shape index (κ3) is 3.85. The van der Waals surface area contributed by atoms with Crippen molar-refractivity contribution >= 4 is 26.9 Å². The number of hydrogen-bond donors (Lipinski definition) is 2. The van der Waals surface area contributed by atoms with E-state index in [9.17, 15) is 18.3 Å². The van der Waals surface area contributed by atoms with Crippen molar-refractivity contribution in [3.63, 3.8) is 0 Å². The highest BCUT2D eigenvalue weighted by molar-refractivity contribution is 7.89. The molecule has 5 rings (SSSR count). The topological polar surface area (TPSA) is 113 Å². The van der Waals surface area contributed by atoms with Gasteiger partial charge in [-0.2, -0.15) is 4.31 Å². The van der Waals surface area contributed by atoms with Gasteiger partial charge < -0.3 is 14.8 Å². The maximum Gasteiger partial charge on any atom is 0.326 e. The Morgan fingerprint density at radius 2 is 1.97 bits per heavy atom. The van der Waals surface area contributed by atoms with Crippen LogP contribution in [-0.4, -0.2) is 40.3 Å². The van der Waals surface area contributed by atoms with Crippen molar-refractivity contribution in [1.82, 2.24) is 14.3 Å². The van der Waals surface area contributed by atoms with Crippen LogP contribution < -0.4 is 4.74 Å². The number of nitrogens with zero attached hydrogens (tertiary/aromatic N) is 2. The molecule has 0 fully saturated rings. The number of pyridine rings is 1. The number of aromatic amines is 1. The Morgan fingerprint density at radius 3 is 2.73 bits per heavy atom. The Balaban J connectivity index is 1.41. The van der Waals surface area contributed by atoms with Gasteiger partial charge in [0, 0.05) is 29.2 Å². The molecule has 1 aliphatic heterocycles. The number of benzene rings is 2. The van der Waals surface area contributed by atoms with Gasteiger partial charge in [0.2, 0.25) is 15.9 Å². The first-order valence-corrected chi connectivity index (χ1v) is 11.8. The Morgan fingerprint density at radius 1 is 1.15 bits per heavy atom. The molecular formula is C24H21N3O5S. The van der Waals surface area contributed by atoms with Crippen LogP contribution in [0.25, 0.3) is 10.9 Å². The lowest BCUT2D eigenvalue weighted by molar-refractivity contribution is -0.142. The van der Waals surface area contributed by atoms with Crippen LogP contribution in [0.4, 0.5) is 0 Å². The first-order valence-electron chi connectivity index (χ1n) is 10.4. The molecule has 0 amide bonds. The summed E-state index contributed by atoms with van der Waals surface area (Å²) in [7, 11) is -4.08. The van der Waals surface area contributed by atoms with Crippen molar-refractivity contribution in [3.8, 4) is 11.6 Å². The summed E-state index contributed by atoms with van der Waals surface area (Å²) >= 11 is 0. The molecule has 3 heterocycles. The molecule has 33 heavy (non-hydrogen) atoms. The zero-order valence-electron chi connectivity index (χ0n) is 17.7. The van der Waals surface area contributed by atoms with Crippen LogP contribution >= 0.6 is 0 Å². The Hall–Kier alpha value is -3.69. The predicted molar refractivity (Wildman–Crippen MR) is 122 cm³/mol. The van der Waals surface area contributed by atoms with Crippen molar-refractivity contribution in [1.29, 1.82) is 0 Å².